The third-order valence-corrected chi connectivity index (χ3v) is 3.42. The Bertz CT molecular complexity index is 514. The highest BCUT2D eigenvalue weighted by Crippen LogP contribution is 2.08. The van der Waals surface area contributed by atoms with Crippen LogP contribution in [0, 0.1) is 0 Å². The van der Waals surface area contributed by atoms with Crippen molar-refractivity contribution in [3.63, 3.8) is 0 Å². The fourth-order valence-electron chi connectivity index (χ4n) is 1.86. The second kappa shape index (κ2) is 7.26. The molecule has 0 saturated carbocycles. The Hall–Kier alpha value is -1.39. The van der Waals surface area contributed by atoms with Crippen molar-refractivity contribution in [2.24, 2.45) is 0 Å². The van der Waals surface area contributed by atoms with Crippen LogP contribution in [0.3, 0.4) is 0 Å². The van der Waals surface area contributed by atoms with Gasteiger partial charge in [0.25, 0.3) is 0 Å². The van der Waals surface area contributed by atoms with E-state index in [9.17, 15) is 0 Å². The van der Waals surface area contributed by atoms with E-state index in [2.05, 4.69) is 52.8 Å². The minimum absolute atomic E-state index is 0.625. The number of pyridine rings is 1. The first kappa shape index (κ1) is 14.0. The molecule has 1 heterocycles. The van der Waals surface area contributed by atoms with Gasteiger partial charge in [-0.2, -0.15) is 0 Å². The smallest absolute Gasteiger partial charge is 0.133 e. The summed E-state index contributed by atoms with van der Waals surface area (Å²) < 4.78 is 0.625. The first-order valence-electron chi connectivity index (χ1n) is 6.16. The lowest BCUT2D eigenvalue weighted by Crippen LogP contribution is -2.28. The van der Waals surface area contributed by atoms with E-state index in [1.165, 1.54) is 5.56 Å². The number of hydrogen-bond acceptors (Lipinski definition) is 2. The summed E-state index contributed by atoms with van der Waals surface area (Å²) >= 11 is 9.51. The number of benzene rings is 1. The van der Waals surface area contributed by atoms with Crippen LogP contribution in [-0.2, 0) is 13.0 Å². The van der Waals surface area contributed by atoms with E-state index in [-0.39, 0.29) is 0 Å². The van der Waals surface area contributed by atoms with Crippen LogP contribution < -0.4 is 0 Å². The van der Waals surface area contributed by atoms with Gasteiger partial charge in [-0.05, 0) is 23.6 Å². The Morgan fingerprint density at radius 1 is 1.11 bits per heavy atom. The van der Waals surface area contributed by atoms with Gasteiger partial charge in [-0.25, -0.2) is 0 Å². The third-order valence-electron chi connectivity index (χ3n) is 2.88. The molecular weight excluding hydrogens is 272 g/mol. The second-order valence-corrected chi connectivity index (χ2v) is 5.41. The molecule has 0 N–H and O–H groups in total. The number of rotatable bonds is 5. The number of thiocarbonyl (C=S) groups is 1. The molecule has 0 radical (unpaired) electrons. The number of aromatic nitrogens is 1. The van der Waals surface area contributed by atoms with Gasteiger partial charge in [-0.1, -0.05) is 48.6 Å². The largest absolute Gasteiger partial charge is 0.353 e. The Kier molecular flexibility index (Phi) is 5.36. The average molecular weight is 288 g/mol. The van der Waals surface area contributed by atoms with E-state index in [0.717, 1.165) is 25.1 Å². The van der Waals surface area contributed by atoms with Crippen LogP contribution in [0.1, 0.15) is 11.1 Å². The summed E-state index contributed by atoms with van der Waals surface area (Å²) in [5.41, 5.74) is 2.45. The van der Waals surface area contributed by atoms with E-state index < -0.39 is 0 Å². The van der Waals surface area contributed by atoms with Gasteiger partial charge < -0.3 is 4.90 Å². The van der Waals surface area contributed by atoms with Gasteiger partial charge in [0.15, 0.2) is 0 Å². The minimum Gasteiger partial charge on any atom is -0.353 e. The van der Waals surface area contributed by atoms with Crippen LogP contribution in [-0.4, -0.2) is 20.7 Å². The molecule has 0 unspecified atom stereocenters. The van der Waals surface area contributed by atoms with Gasteiger partial charge >= 0.3 is 0 Å². The molecule has 0 fully saturated rings. The Balaban J connectivity index is 1.95. The molecule has 4 heteroatoms. The lowest BCUT2D eigenvalue weighted by molar-refractivity contribution is 0.431. The normalized spacial score (nSPS) is 10.2. The Morgan fingerprint density at radius 2 is 1.84 bits per heavy atom. The van der Waals surface area contributed by atoms with Gasteiger partial charge in [0, 0.05) is 25.5 Å². The standard InChI is InChI=1S/C15H16N2S2/c18-15(19)17(12-14-7-4-9-16-11-14)10-8-13-5-2-1-3-6-13/h1-7,9,11H,8,10,12H2,(H,18,19). The fraction of sp³-hybridized carbons (Fsp3) is 0.200. The zero-order valence-electron chi connectivity index (χ0n) is 10.6. The van der Waals surface area contributed by atoms with Crippen molar-refractivity contribution in [3.05, 3.63) is 66.0 Å². The first-order valence-corrected chi connectivity index (χ1v) is 7.02. The Morgan fingerprint density at radius 3 is 2.47 bits per heavy atom. The van der Waals surface area contributed by atoms with Gasteiger partial charge in [-0.3, -0.25) is 4.98 Å². The van der Waals surface area contributed by atoms with Crippen LogP contribution in [0.4, 0.5) is 0 Å². The van der Waals surface area contributed by atoms with Gasteiger partial charge in [0.2, 0.25) is 0 Å². The van der Waals surface area contributed by atoms with Gasteiger partial charge in [0.1, 0.15) is 4.32 Å². The summed E-state index contributed by atoms with van der Waals surface area (Å²) in [6, 6.07) is 14.4. The zero-order valence-corrected chi connectivity index (χ0v) is 12.3. The predicted molar refractivity (Wildman–Crippen MR) is 86.4 cm³/mol. The lowest BCUT2D eigenvalue weighted by atomic mass is 10.1. The summed E-state index contributed by atoms with van der Waals surface area (Å²) in [5, 5.41) is 0. The van der Waals surface area contributed by atoms with Gasteiger partial charge in [-0.15, -0.1) is 12.6 Å². The zero-order chi connectivity index (χ0) is 13.5. The summed E-state index contributed by atoms with van der Waals surface area (Å²) in [6.45, 7) is 1.62. The second-order valence-electron chi connectivity index (χ2n) is 4.30. The SMILES string of the molecule is S=C(S)N(CCc1ccccc1)Cc1cccnc1. The molecular formula is C15H16N2S2. The monoisotopic (exact) mass is 288 g/mol. The van der Waals surface area contributed by atoms with E-state index in [1.807, 2.05) is 18.3 Å². The number of thiol groups is 1. The number of hydrogen-bond donors (Lipinski definition) is 1. The maximum absolute atomic E-state index is 5.20. The summed E-state index contributed by atoms with van der Waals surface area (Å²) in [6.07, 6.45) is 4.60. The van der Waals surface area contributed by atoms with Crippen molar-refractivity contribution in [2.45, 2.75) is 13.0 Å². The molecule has 0 aliphatic heterocycles. The summed E-state index contributed by atoms with van der Waals surface area (Å²) in [7, 11) is 0. The average Bonchev–Trinajstić information content (AvgIpc) is 2.45. The van der Waals surface area contributed by atoms with E-state index in [4.69, 9.17) is 12.2 Å². The topological polar surface area (TPSA) is 16.1 Å². The molecule has 0 aliphatic rings. The molecule has 1 aromatic carbocycles. The molecule has 0 bridgehead atoms. The van der Waals surface area contributed by atoms with Crippen LogP contribution >= 0.6 is 24.8 Å². The molecule has 98 valence electrons. The van der Waals surface area contributed by atoms with Crippen LogP contribution in [0.25, 0.3) is 0 Å². The van der Waals surface area contributed by atoms with Gasteiger partial charge in [0.05, 0.1) is 0 Å². The highest BCUT2D eigenvalue weighted by Gasteiger charge is 2.07. The summed E-state index contributed by atoms with van der Waals surface area (Å²) in [4.78, 5) is 6.21. The molecule has 0 atom stereocenters. The maximum Gasteiger partial charge on any atom is 0.133 e. The van der Waals surface area contributed by atoms with Crippen molar-refractivity contribution in [1.82, 2.24) is 9.88 Å². The molecule has 2 aromatic rings. The quantitative estimate of drug-likeness (QED) is 0.671. The molecule has 0 amide bonds. The van der Waals surface area contributed by atoms with Crippen molar-refractivity contribution in [1.29, 1.82) is 0 Å². The first-order chi connectivity index (χ1) is 9.25. The van der Waals surface area contributed by atoms with Crippen molar-refractivity contribution in [3.8, 4) is 0 Å². The summed E-state index contributed by atoms with van der Waals surface area (Å²) in [5.74, 6) is 0. The molecule has 0 aliphatic carbocycles. The highest BCUT2D eigenvalue weighted by molar-refractivity contribution is 8.10. The van der Waals surface area contributed by atoms with Crippen molar-refractivity contribution < 1.29 is 0 Å². The molecule has 2 nitrogen and oxygen atoms in total. The predicted octanol–water partition coefficient (Wildman–Crippen LogP) is 3.34. The Labute approximate surface area is 124 Å². The van der Waals surface area contributed by atoms with E-state index in [0.29, 0.717) is 4.32 Å². The third kappa shape index (κ3) is 4.65. The number of nitrogens with zero attached hydrogens (tertiary/aromatic N) is 2. The maximum atomic E-state index is 5.20. The molecule has 0 saturated heterocycles. The van der Waals surface area contributed by atoms with E-state index >= 15 is 0 Å². The molecule has 19 heavy (non-hydrogen) atoms. The van der Waals surface area contributed by atoms with Crippen molar-refractivity contribution >= 4 is 29.2 Å². The van der Waals surface area contributed by atoms with Crippen LogP contribution in [0.2, 0.25) is 0 Å². The van der Waals surface area contributed by atoms with Crippen molar-refractivity contribution in [2.75, 3.05) is 6.54 Å². The minimum atomic E-state index is 0.625. The fourth-order valence-corrected chi connectivity index (χ4v) is 2.19. The van der Waals surface area contributed by atoms with Crippen LogP contribution in [0.5, 0.6) is 0 Å². The molecule has 1 aromatic heterocycles. The lowest BCUT2D eigenvalue weighted by Gasteiger charge is -2.22. The molecule has 2 rings (SSSR count). The molecule has 0 spiro atoms. The highest BCUT2D eigenvalue weighted by atomic mass is 32.1. The van der Waals surface area contributed by atoms with E-state index in [1.54, 1.807) is 6.20 Å². The van der Waals surface area contributed by atoms with Crippen LogP contribution in [0.15, 0.2) is 54.9 Å².